The van der Waals surface area contributed by atoms with Crippen molar-refractivity contribution in [2.45, 2.75) is 52.6 Å². The maximum Gasteiger partial charge on any atom is 0.118 e. The first-order valence-electron chi connectivity index (χ1n) is 7.84. The van der Waals surface area contributed by atoms with Crippen LogP contribution < -0.4 is 10.1 Å². The Morgan fingerprint density at radius 2 is 1.86 bits per heavy atom. The van der Waals surface area contributed by atoms with Gasteiger partial charge in [-0.05, 0) is 53.7 Å². The van der Waals surface area contributed by atoms with Gasteiger partial charge in [-0.3, -0.25) is 0 Å². The fraction of sp³-hybridized carbons (Fsp3) is 0.667. The Hall–Kier alpha value is -0.730. The Morgan fingerprint density at radius 3 is 2.33 bits per heavy atom. The number of nitrogens with one attached hydrogen (secondary N) is 1. The molecule has 3 atom stereocenters. The normalized spacial score (nSPS) is 32.8. The van der Waals surface area contributed by atoms with E-state index < -0.39 is 0 Å². The lowest BCUT2D eigenvalue weighted by atomic mass is 9.69. The zero-order valence-electron chi connectivity index (χ0n) is 13.6. The molecule has 2 saturated carbocycles. The van der Waals surface area contributed by atoms with E-state index in [0.717, 1.165) is 18.2 Å². The van der Waals surface area contributed by atoms with E-state index in [1.807, 2.05) is 12.1 Å². The Labute approximate surface area is 135 Å². The first-order valence-corrected chi connectivity index (χ1v) is 7.84. The largest absolute Gasteiger partial charge is 0.497 e. The van der Waals surface area contributed by atoms with Crippen LogP contribution in [0.3, 0.4) is 0 Å². The van der Waals surface area contributed by atoms with Crippen LogP contribution in [0.5, 0.6) is 5.75 Å². The zero-order valence-corrected chi connectivity index (χ0v) is 14.4. The number of ether oxygens (including phenoxy) is 1. The molecule has 3 rings (SSSR count). The fourth-order valence-corrected chi connectivity index (χ4v) is 4.50. The highest BCUT2D eigenvalue weighted by Gasteiger charge is 2.60. The van der Waals surface area contributed by atoms with Gasteiger partial charge >= 0.3 is 0 Å². The molecule has 0 amide bonds. The Bertz CT molecular complexity index is 484. The summed E-state index contributed by atoms with van der Waals surface area (Å²) >= 11 is 0. The summed E-state index contributed by atoms with van der Waals surface area (Å²) in [5.41, 5.74) is 2.30. The van der Waals surface area contributed by atoms with Crippen molar-refractivity contribution in [3.05, 3.63) is 29.8 Å². The monoisotopic (exact) mass is 309 g/mol. The van der Waals surface area contributed by atoms with Crippen LogP contribution in [0.1, 0.15) is 45.6 Å². The third-order valence-electron chi connectivity index (χ3n) is 6.51. The Balaban J connectivity index is 0.00000161. The third-order valence-corrected chi connectivity index (χ3v) is 6.51. The van der Waals surface area contributed by atoms with E-state index >= 15 is 0 Å². The molecule has 1 aromatic carbocycles. The Kier molecular flexibility index (Phi) is 4.60. The number of hydrogen-bond acceptors (Lipinski definition) is 2. The number of hydrogen-bond donors (Lipinski definition) is 1. The predicted molar refractivity (Wildman–Crippen MR) is 90.1 cm³/mol. The number of methoxy groups -OCH3 is 1. The van der Waals surface area contributed by atoms with Crippen LogP contribution in [0.25, 0.3) is 0 Å². The molecule has 0 aliphatic heterocycles. The highest BCUT2D eigenvalue weighted by molar-refractivity contribution is 5.85. The molecule has 3 heteroatoms. The van der Waals surface area contributed by atoms with Crippen LogP contribution in [-0.4, -0.2) is 13.2 Å². The predicted octanol–water partition coefficient (Wildman–Crippen LogP) is 4.42. The molecular weight excluding hydrogens is 282 g/mol. The van der Waals surface area contributed by atoms with Crippen molar-refractivity contribution in [1.82, 2.24) is 5.32 Å². The van der Waals surface area contributed by atoms with Crippen molar-refractivity contribution in [2.75, 3.05) is 7.11 Å². The molecule has 21 heavy (non-hydrogen) atoms. The highest BCUT2D eigenvalue weighted by atomic mass is 35.5. The SMILES string of the molecule is COc1ccc(CN[C@@H]2C[C@@H]3CC[C@@]2(C)C3(C)C)cc1.Cl. The summed E-state index contributed by atoms with van der Waals surface area (Å²) in [5.74, 6) is 1.84. The van der Waals surface area contributed by atoms with Gasteiger partial charge in [-0.15, -0.1) is 12.4 Å². The topological polar surface area (TPSA) is 21.3 Å². The molecule has 0 heterocycles. The van der Waals surface area contributed by atoms with Gasteiger partial charge in [0.25, 0.3) is 0 Å². The molecule has 2 aliphatic rings. The second-order valence-corrected chi connectivity index (χ2v) is 7.39. The van der Waals surface area contributed by atoms with Gasteiger partial charge in [0.15, 0.2) is 0 Å². The van der Waals surface area contributed by atoms with E-state index in [2.05, 4.69) is 38.2 Å². The van der Waals surface area contributed by atoms with Crippen LogP contribution in [0.4, 0.5) is 0 Å². The van der Waals surface area contributed by atoms with Crippen LogP contribution in [0.2, 0.25) is 0 Å². The average molecular weight is 310 g/mol. The molecule has 118 valence electrons. The van der Waals surface area contributed by atoms with Gasteiger partial charge in [0.2, 0.25) is 0 Å². The van der Waals surface area contributed by atoms with Crippen LogP contribution in [0, 0.1) is 16.7 Å². The molecule has 0 radical (unpaired) electrons. The van der Waals surface area contributed by atoms with E-state index in [1.54, 1.807) is 7.11 Å². The summed E-state index contributed by atoms with van der Waals surface area (Å²) in [6, 6.07) is 9.07. The van der Waals surface area contributed by atoms with E-state index in [4.69, 9.17) is 4.74 Å². The second-order valence-electron chi connectivity index (χ2n) is 7.39. The van der Waals surface area contributed by atoms with Gasteiger partial charge < -0.3 is 10.1 Å². The van der Waals surface area contributed by atoms with Gasteiger partial charge in [-0.2, -0.15) is 0 Å². The molecule has 0 saturated heterocycles. The van der Waals surface area contributed by atoms with Crippen molar-refractivity contribution >= 4 is 12.4 Å². The van der Waals surface area contributed by atoms with Gasteiger partial charge in [-0.1, -0.05) is 32.9 Å². The van der Waals surface area contributed by atoms with E-state index in [9.17, 15) is 0 Å². The molecule has 2 aliphatic carbocycles. The van der Waals surface area contributed by atoms with E-state index in [1.165, 1.54) is 24.8 Å². The molecule has 2 nitrogen and oxygen atoms in total. The molecule has 1 aromatic rings. The van der Waals surface area contributed by atoms with Crippen molar-refractivity contribution in [2.24, 2.45) is 16.7 Å². The minimum absolute atomic E-state index is 0. The number of benzene rings is 1. The third kappa shape index (κ3) is 2.57. The molecular formula is C18H28ClNO. The van der Waals surface area contributed by atoms with Gasteiger partial charge in [-0.25, -0.2) is 0 Å². The number of rotatable bonds is 4. The van der Waals surface area contributed by atoms with Crippen LogP contribution in [0.15, 0.2) is 24.3 Å². The minimum atomic E-state index is 0. The molecule has 2 fully saturated rings. The van der Waals surface area contributed by atoms with Gasteiger partial charge in [0.05, 0.1) is 7.11 Å². The fourth-order valence-electron chi connectivity index (χ4n) is 4.50. The summed E-state index contributed by atoms with van der Waals surface area (Å²) in [6.07, 6.45) is 4.15. The quantitative estimate of drug-likeness (QED) is 0.889. The lowest BCUT2D eigenvalue weighted by Crippen LogP contribution is -2.44. The van der Waals surface area contributed by atoms with Crippen molar-refractivity contribution in [1.29, 1.82) is 0 Å². The van der Waals surface area contributed by atoms with E-state index in [-0.39, 0.29) is 12.4 Å². The standard InChI is InChI=1S/C18H27NO.ClH/c1-17(2)14-9-10-18(17,3)16(11-14)19-12-13-5-7-15(20-4)8-6-13;/h5-8,14,16,19H,9-12H2,1-4H3;1H/t14-,16+,18+;/m0./s1. The van der Waals surface area contributed by atoms with Crippen LogP contribution in [-0.2, 0) is 6.54 Å². The summed E-state index contributed by atoms with van der Waals surface area (Å²) in [6.45, 7) is 8.40. The second kappa shape index (κ2) is 5.81. The number of halogens is 1. The molecule has 0 spiro atoms. The zero-order chi connectivity index (χ0) is 14.4. The summed E-state index contributed by atoms with van der Waals surface area (Å²) in [7, 11) is 1.71. The summed E-state index contributed by atoms with van der Waals surface area (Å²) < 4.78 is 5.21. The highest BCUT2D eigenvalue weighted by Crippen LogP contribution is 2.65. The van der Waals surface area contributed by atoms with Gasteiger partial charge in [0, 0.05) is 12.6 Å². The van der Waals surface area contributed by atoms with Gasteiger partial charge in [0.1, 0.15) is 5.75 Å². The molecule has 2 bridgehead atoms. The first-order chi connectivity index (χ1) is 9.47. The van der Waals surface area contributed by atoms with Crippen LogP contribution >= 0.6 is 12.4 Å². The molecule has 0 aromatic heterocycles. The minimum Gasteiger partial charge on any atom is -0.497 e. The van der Waals surface area contributed by atoms with E-state index in [0.29, 0.717) is 16.9 Å². The Morgan fingerprint density at radius 1 is 1.19 bits per heavy atom. The summed E-state index contributed by atoms with van der Waals surface area (Å²) in [4.78, 5) is 0. The maximum absolute atomic E-state index is 5.21. The molecule has 0 unspecified atom stereocenters. The maximum atomic E-state index is 5.21. The van der Waals surface area contributed by atoms with Crippen molar-refractivity contribution < 1.29 is 4.74 Å². The van der Waals surface area contributed by atoms with Crippen molar-refractivity contribution in [3.63, 3.8) is 0 Å². The van der Waals surface area contributed by atoms with Crippen molar-refractivity contribution in [3.8, 4) is 5.75 Å². The lowest BCUT2D eigenvalue weighted by Gasteiger charge is -2.39. The average Bonchev–Trinajstić information content (AvgIpc) is 2.78. The summed E-state index contributed by atoms with van der Waals surface area (Å²) in [5, 5.41) is 3.82. The lowest BCUT2D eigenvalue weighted by molar-refractivity contribution is 0.120. The first kappa shape index (κ1) is 16.6. The molecule has 1 N–H and O–H groups in total. The smallest absolute Gasteiger partial charge is 0.118 e. The number of fused-ring (bicyclic) bond motifs is 2.